The van der Waals surface area contributed by atoms with E-state index in [2.05, 4.69) is 20.1 Å². The van der Waals surface area contributed by atoms with Crippen molar-refractivity contribution >= 4 is 5.82 Å². The predicted molar refractivity (Wildman–Crippen MR) is 109 cm³/mol. The lowest BCUT2D eigenvalue weighted by Crippen LogP contribution is -2.33. The molecule has 0 atom stereocenters. The van der Waals surface area contributed by atoms with Gasteiger partial charge >= 0.3 is 0 Å². The highest BCUT2D eigenvalue weighted by Gasteiger charge is 2.25. The largest absolute Gasteiger partial charge is 0.422 e. The highest BCUT2D eigenvalue weighted by Crippen LogP contribution is 2.29. The van der Waals surface area contributed by atoms with Crippen molar-refractivity contribution in [2.24, 2.45) is 5.73 Å². The summed E-state index contributed by atoms with van der Waals surface area (Å²) in [6.45, 7) is 6.68. The number of pyridine rings is 1. The molecule has 1 aliphatic heterocycles. The molecular weight excluding hydrogens is 354 g/mol. The third-order valence-electron chi connectivity index (χ3n) is 5.07. The molecule has 2 N–H and O–H groups in total. The molecule has 1 fully saturated rings. The number of piperidine rings is 1. The van der Waals surface area contributed by atoms with Crippen molar-refractivity contribution in [1.29, 1.82) is 0 Å². The lowest BCUT2D eigenvalue weighted by atomic mass is 9.97. The topological polar surface area (TPSA) is 90.3 Å². The van der Waals surface area contributed by atoms with Gasteiger partial charge in [0.05, 0.1) is 6.61 Å². The Bertz CT molecular complexity index is 792. The maximum Gasteiger partial charge on any atom is 0.242 e. The maximum absolute atomic E-state index is 5.94. The first kappa shape index (κ1) is 20.1. The Morgan fingerprint density at radius 1 is 1.25 bits per heavy atom. The molecule has 0 saturated carbocycles. The van der Waals surface area contributed by atoms with Gasteiger partial charge in [0.1, 0.15) is 12.4 Å². The van der Waals surface area contributed by atoms with Crippen LogP contribution in [0, 0.1) is 0 Å². The number of hydrogen-bond acceptors (Lipinski definition) is 7. The van der Waals surface area contributed by atoms with Crippen molar-refractivity contribution in [1.82, 2.24) is 15.2 Å². The number of nitrogens with two attached hydrogens (primary N) is 1. The Morgan fingerprint density at radius 3 is 2.75 bits per heavy atom. The number of hydrogen-bond donors (Lipinski definition) is 1. The molecule has 0 radical (unpaired) electrons. The molecule has 28 heavy (non-hydrogen) atoms. The normalized spacial score (nSPS) is 16.6. The molecule has 0 amide bonds. The van der Waals surface area contributed by atoms with E-state index in [4.69, 9.17) is 14.9 Å². The van der Waals surface area contributed by atoms with Gasteiger partial charge in [0.2, 0.25) is 11.8 Å². The zero-order valence-electron chi connectivity index (χ0n) is 16.7. The van der Waals surface area contributed by atoms with E-state index in [0.717, 1.165) is 49.4 Å². The Kier molecular flexibility index (Phi) is 7.19. The molecular formula is C21H29N5O2. The fraction of sp³-hybridized carbons (Fsp3) is 0.476. The minimum Gasteiger partial charge on any atom is -0.422 e. The van der Waals surface area contributed by atoms with Crippen LogP contribution in [-0.4, -0.2) is 34.9 Å². The highest BCUT2D eigenvalue weighted by molar-refractivity contribution is 5.38. The molecule has 0 aromatic carbocycles. The summed E-state index contributed by atoms with van der Waals surface area (Å²) in [7, 11) is 0. The average molecular weight is 383 g/mol. The monoisotopic (exact) mass is 383 g/mol. The Morgan fingerprint density at radius 2 is 2.07 bits per heavy atom. The van der Waals surface area contributed by atoms with Gasteiger partial charge < -0.3 is 19.8 Å². The Balaban J connectivity index is 1.43. The van der Waals surface area contributed by atoms with Crippen molar-refractivity contribution in [3.63, 3.8) is 0 Å². The van der Waals surface area contributed by atoms with Crippen molar-refractivity contribution in [3.05, 3.63) is 59.6 Å². The highest BCUT2D eigenvalue weighted by atomic mass is 16.5. The summed E-state index contributed by atoms with van der Waals surface area (Å²) in [4.78, 5) is 6.72. The molecule has 3 heterocycles. The summed E-state index contributed by atoms with van der Waals surface area (Å²) < 4.78 is 11.5. The number of ether oxygens (including phenoxy) is 1. The van der Waals surface area contributed by atoms with Crippen LogP contribution in [0.3, 0.4) is 0 Å². The van der Waals surface area contributed by atoms with Gasteiger partial charge in [-0.15, -0.1) is 10.2 Å². The van der Waals surface area contributed by atoms with E-state index in [-0.39, 0.29) is 0 Å². The van der Waals surface area contributed by atoms with Gasteiger partial charge in [-0.3, -0.25) is 0 Å². The first-order valence-corrected chi connectivity index (χ1v) is 9.84. The van der Waals surface area contributed by atoms with Crippen LogP contribution in [0.25, 0.3) is 0 Å². The molecule has 2 aromatic rings. The number of aromatic nitrogens is 3. The van der Waals surface area contributed by atoms with E-state index in [1.54, 1.807) is 0 Å². The Labute approximate surface area is 166 Å². The van der Waals surface area contributed by atoms with Crippen LogP contribution in [0.2, 0.25) is 0 Å². The lowest BCUT2D eigenvalue weighted by Gasteiger charge is -2.31. The van der Waals surface area contributed by atoms with Crippen LogP contribution < -0.4 is 10.6 Å². The molecule has 0 bridgehead atoms. The summed E-state index contributed by atoms with van der Waals surface area (Å²) >= 11 is 0. The maximum atomic E-state index is 5.94. The van der Waals surface area contributed by atoms with Gasteiger partial charge in [-0.05, 0) is 50.8 Å². The molecule has 0 unspecified atom stereocenters. The molecule has 1 aliphatic rings. The van der Waals surface area contributed by atoms with Gasteiger partial charge in [-0.1, -0.05) is 18.2 Å². The number of anilines is 1. The average Bonchev–Trinajstić information content (AvgIpc) is 3.23. The molecule has 2 aromatic heterocycles. The second kappa shape index (κ2) is 10.0. The van der Waals surface area contributed by atoms with Crippen molar-refractivity contribution in [3.8, 4) is 0 Å². The van der Waals surface area contributed by atoms with E-state index in [1.807, 2.05) is 50.4 Å². The third kappa shape index (κ3) is 5.19. The first-order chi connectivity index (χ1) is 13.7. The van der Waals surface area contributed by atoms with Crippen LogP contribution in [0.1, 0.15) is 50.8 Å². The van der Waals surface area contributed by atoms with Crippen LogP contribution in [-0.2, 0) is 11.3 Å². The van der Waals surface area contributed by atoms with Crippen LogP contribution in [0.5, 0.6) is 0 Å². The zero-order valence-corrected chi connectivity index (χ0v) is 16.7. The minimum atomic E-state index is 0.297. The van der Waals surface area contributed by atoms with E-state index in [0.29, 0.717) is 30.9 Å². The second-order valence-corrected chi connectivity index (χ2v) is 6.84. The Hall–Kier alpha value is -2.67. The first-order valence-electron chi connectivity index (χ1n) is 9.84. The molecule has 1 saturated heterocycles. The summed E-state index contributed by atoms with van der Waals surface area (Å²) in [6, 6.07) is 6.00. The quantitative estimate of drug-likeness (QED) is 0.550. The van der Waals surface area contributed by atoms with E-state index in [1.165, 1.54) is 0 Å². The van der Waals surface area contributed by atoms with Gasteiger partial charge in [-0.2, -0.15) is 0 Å². The number of allylic oxidation sites excluding steroid dienone is 3. The summed E-state index contributed by atoms with van der Waals surface area (Å²) in [5.41, 5.74) is 7.83. The van der Waals surface area contributed by atoms with Crippen molar-refractivity contribution in [2.75, 3.05) is 24.6 Å². The fourth-order valence-electron chi connectivity index (χ4n) is 3.37. The van der Waals surface area contributed by atoms with Gasteiger partial charge in [-0.25, -0.2) is 4.98 Å². The van der Waals surface area contributed by atoms with Crippen LogP contribution in [0.15, 0.2) is 52.2 Å². The fourth-order valence-corrected chi connectivity index (χ4v) is 3.37. The molecule has 3 rings (SSSR count). The summed E-state index contributed by atoms with van der Waals surface area (Å²) in [5, 5.41) is 8.38. The number of nitrogens with zero attached hydrogens (tertiary/aromatic N) is 4. The molecule has 0 spiro atoms. The van der Waals surface area contributed by atoms with Crippen LogP contribution in [0.4, 0.5) is 5.82 Å². The SMILES string of the molecule is C/C=C(CCOCc1nnc(C2CCN(c3ccccn3)CC2)o1)\C(N)=C/C. The second-order valence-electron chi connectivity index (χ2n) is 6.84. The van der Waals surface area contributed by atoms with E-state index >= 15 is 0 Å². The standard InChI is InChI=1S/C21H29N5O2/c1-3-16(18(22)4-2)10-14-27-15-20-24-25-21(28-20)17-8-12-26(13-9-17)19-7-5-6-11-23-19/h3-7,11,17H,8-10,12-15,22H2,1-2H3/b16-3-,18-4+. The summed E-state index contributed by atoms with van der Waals surface area (Å²) in [6.07, 6.45) is 8.47. The van der Waals surface area contributed by atoms with Crippen molar-refractivity contribution in [2.45, 2.75) is 45.6 Å². The van der Waals surface area contributed by atoms with E-state index in [9.17, 15) is 0 Å². The predicted octanol–water partition coefficient (Wildman–Crippen LogP) is 3.56. The zero-order chi connectivity index (χ0) is 19.8. The molecule has 7 nitrogen and oxygen atoms in total. The lowest BCUT2D eigenvalue weighted by molar-refractivity contribution is 0.104. The van der Waals surface area contributed by atoms with Gasteiger partial charge in [0.15, 0.2) is 0 Å². The summed E-state index contributed by atoms with van der Waals surface area (Å²) in [5.74, 6) is 2.57. The van der Waals surface area contributed by atoms with E-state index < -0.39 is 0 Å². The molecule has 7 heteroatoms. The van der Waals surface area contributed by atoms with Gasteiger partial charge in [0.25, 0.3) is 0 Å². The smallest absolute Gasteiger partial charge is 0.242 e. The van der Waals surface area contributed by atoms with Crippen LogP contribution >= 0.6 is 0 Å². The van der Waals surface area contributed by atoms with Crippen molar-refractivity contribution < 1.29 is 9.15 Å². The van der Waals surface area contributed by atoms with Gasteiger partial charge in [0, 0.05) is 30.9 Å². The minimum absolute atomic E-state index is 0.297. The third-order valence-corrected chi connectivity index (χ3v) is 5.07. The molecule has 150 valence electrons. The molecule has 0 aliphatic carbocycles. The number of rotatable bonds is 8.